The summed E-state index contributed by atoms with van der Waals surface area (Å²) < 4.78 is 4.93. The molecule has 6 nitrogen and oxygen atoms in total. The molecule has 1 aromatic carbocycles. The number of carbonyl (C=O) groups is 2. The molecule has 0 N–H and O–H groups in total. The van der Waals surface area contributed by atoms with Crippen molar-refractivity contribution in [2.24, 2.45) is 0 Å². The largest absolute Gasteiger partial charge is 0.360 e. The third-order valence-electron chi connectivity index (χ3n) is 3.31. The summed E-state index contributed by atoms with van der Waals surface area (Å²) in [7, 11) is 0. The van der Waals surface area contributed by atoms with Gasteiger partial charge in [-0.25, -0.2) is 4.90 Å². The van der Waals surface area contributed by atoms with Crippen LogP contribution in [0.1, 0.15) is 11.3 Å². The minimum absolute atomic E-state index is 0.187. The molecule has 2 aromatic rings. The Labute approximate surface area is 121 Å². The summed E-state index contributed by atoms with van der Waals surface area (Å²) in [6, 6.07) is 11.3. The van der Waals surface area contributed by atoms with Crippen LogP contribution in [-0.4, -0.2) is 35.0 Å². The fourth-order valence-electron chi connectivity index (χ4n) is 2.39. The van der Waals surface area contributed by atoms with E-state index in [2.05, 4.69) is 5.16 Å². The monoisotopic (exact) mass is 285 g/mol. The first-order valence-electron chi connectivity index (χ1n) is 6.69. The van der Waals surface area contributed by atoms with Gasteiger partial charge in [-0.2, -0.15) is 0 Å². The molecule has 1 fully saturated rings. The number of carbonyl (C=O) groups excluding carboxylic acids is 2. The number of anilines is 1. The molecule has 1 aliphatic heterocycles. The van der Waals surface area contributed by atoms with Gasteiger partial charge in [0.05, 0.1) is 13.1 Å². The number of imide groups is 1. The van der Waals surface area contributed by atoms with E-state index in [1.807, 2.05) is 35.2 Å². The zero-order valence-corrected chi connectivity index (χ0v) is 11.7. The van der Waals surface area contributed by atoms with E-state index in [-0.39, 0.29) is 30.7 Å². The van der Waals surface area contributed by atoms with Gasteiger partial charge in [0.1, 0.15) is 5.76 Å². The van der Waals surface area contributed by atoms with Crippen molar-refractivity contribution < 1.29 is 14.1 Å². The molecule has 6 heteroatoms. The normalized spacial score (nSPS) is 16.5. The van der Waals surface area contributed by atoms with Crippen LogP contribution in [0.3, 0.4) is 0 Å². The first kappa shape index (κ1) is 13.5. The van der Waals surface area contributed by atoms with Gasteiger partial charge in [-0.05, 0) is 12.5 Å². The number of amides is 2. The molecule has 2 heterocycles. The van der Waals surface area contributed by atoms with Crippen molar-refractivity contribution in [2.45, 2.75) is 13.5 Å². The highest BCUT2D eigenvalue weighted by atomic mass is 16.5. The van der Waals surface area contributed by atoms with Gasteiger partial charge >= 0.3 is 0 Å². The number of hydrogen-bond acceptors (Lipinski definition) is 5. The van der Waals surface area contributed by atoms with Crippen LogP contribution in [-0.2, 0) is 16.1 Å². The molecule has 0 radical (unpaired) electrons. The molecule has 1 saturated heterocycles. The van der Waals surface area contributed by atoms with Gasteiger partial charge in [-0.3, -0.25) is 14.5 Å². The van der Waals surface area contributed by atoms with E-state index < -0.39 is 0 Å². The Balaban J connectivity index is 1.72. The van der Waals surface area contributed by atoms with Crippen LogP contribution < -0.4 is 4.90 Å². The number of nitrogens with zero attached hydrogens (tertiary/aromatic N) is 3. The van der Waals surface area contributed by atoms with Gasteiger partial charge in [-0.15, -0.1) is 0 Å². The van der Waals surface area contributed by atoms with Crippen LogP contribution in [0, 0.1) is 6.92 Å². The number of piperazine rings is 1. The molecule has 0 unspecified atom stereocenters. The van der Waals surface area contributed by atoms with E-state index in [4.69, 9.17) is 4.52 Å². The molecule has 0 bridgehead atoms. The average Bonchev–Trinajstić information content (AvgIpc) is 2.85. The number of aryl methyl sites for hydroxylation is 1. The van der Waals surface area contributed by atoms with Gasteiger partial charge < -0.3 is 4.52 Å². The van der Waals surface area contributed by atoms with Crippen LogP contribution in [0.4, 0.5) is 5.82 Å². The summed E-state index contributed by atoms with van der Waals surface area (Å²) in [6.07, 6.45) is 0. The number of rotatable bonds is 3. The van der Waals surface area contributed by atoms with Crippen LogP contribution in [0.15, 0.2) is 40.9 Å². The second-order valence-corrected chi connectivity index (χ2v) is 5.05. The van der Waals surface area contributed by atoms with Crippen LogP contribution >= 0.6 is 0 Å². The fraction of sp³-hybridized carbons (Fsp3) is 0.267. The molecule has 0 aliphatic carbocycles. The number of benzene rings is 1. The molecular weight excluding hydrogens is 270 g/mol. The van der Waals surface area contributed by atoms with Gasteiger partial charge in [0.2, 0.25) is 11.8 Å². The lowest BCUT2D eigenvalue weighted by Crippen LogP contribution is -2.54. The maximum absolute atomic E-state index is 12.2. The van der Waals surface area contributed by atoms with Crippen molar-refractivity contribution in [2.75, 3.05) is 18.0 Å². The van der Waals surface area contributed by atoms with Crippen LogP contribution in [0.25, 0.3) is 0 Å². The standard InChI is InChI=1S/C15H15N3O3/c1-11-7-13(16-21-11)18-14(19)9-17(10-15(18)20)8-12-5-3-2-4-6-12/h2-7H,8-10H2,1H3. The zero-order valence-electron chi connectivity index (χ0n) is 11.7. The maximum Gasteiger partial charge on any atom is 0.249 e. The van der Waals surface area contributed by atoms with E-state index >= 15 is 0 Å². The first-order chi connectivity index (χ1) is 10.1. The first-order valence-corrected chi connectivity index (χ1v) is 6.69. The SMILES string of the molecule is Cc1cc(N2C(=O)CN(Cc3ccccc3)CC2=O)no1. The quantitative estimate of drug-likeness (QED) is 0.797. The van der Waals surface area contributed by atoms with Gasteiger partial charge in [0.25, 0.3) is 0 Å². The van der Waals surface area contributed by atoms with Crippen molar-refractivity contribution in [1.82, 2.24) is 10.1 Å². The minimum Gasteiger partial charge on any atom is -0.360 e. The third kappa shape index (κ3) is 2.85. The molecule has 0 saturated carbocycles. The van der Waals surface area contributed by atoms with Crippen molar-refractivity contribution in [3.63, 3.8) is 0 Å². The summed E-state index contributed by atoms with van der Waals surface area (Å²) >= 11 is 0. The Kier molecular flexibility index (Phi) is 3.53. The van der Waals surface area contributed by atoms with Crippen LogP contribution in [0.5, 0.6) is 0 Å². The number of aromatic nitrogens is 1. The van der Waals surface area contributed by atoms with Crippen molar-refractivity contribution in [3.05, 3.63) is 47.7 Å². The van der Waals surface area contributed by atoms with E-state index in [1.165, 1.54) is 0 Å². The Morgan fingerprint density at radius 2 is 1.81 bits per heavy atom. The highest BCUT2D eigenvalue weighted by Gasteiger charge is 2.33. The third-order valence-corrected chi connectivity index (χ3v) is 3.31. The Morgan fingerprint density at radius 1 is 1.14 bits per heavy atom. The summed E-state index contributed by atoms with van der Waals surface area (Å²) in [5.41, 5.74) is 1.07. The minimum atomic E-state index is -0.282. The number of hydrogen-bond donors (Lipinski definition) is 0. The summed E-state index contributed by atoms with van der Waals surface area (Å²) in [5, 5.41) is 3.74. The highest BCUT2D eigenvalue weighted by Crippen LogP contribution is 2.18. The topological polar surface area (TPSA) is 66.7 Å². The Bertz CT molecular complexity index is 648. The maximum atomic E-state index is 12.2. The Hall–Kier alpha value is -2.47. The lowest BCUT2D eigenvalue weighted by molar-refractivity contribution is -0.132. The van der Waals surface area contributed by atoms with E-state index in [0.717, 1.165) is 10.5 Å². The summed E-state index contributed by atoms with van der Waals surface area (Å²) in [4.78, 5) is 27.3. The predicted octanol–water partition coefficient (Wildman–Crippen LogP) is 1.36. The molecule has 1 aromatic heterocycles. The molecule has 1 aliphatic rings. The smallest absolute Gasteiger partial charge is 0.249 e. The van der Waals surface area contributed by atoms with Crippen molar-refractivity contribution in [3.8, 4) is 0 Å². The van der Waals surface area contributed by atoms with Crippen LogP contribution in [0.2, 0.25) is 0 Å². The zero-order chi connectivity index (χ0) is 14.8. The van der Waals surface area contributed by atoms with Crippen molar-refractivity contribution >= 4 is 17.6 Å². The lowest BCUT2D eigenvalue weighted by Gasteiger charge is -2.31. The van der Waals surface area contributed by atoms with E-state index in [9.17, 15) is 9.59 Å². The van der Waals surface area contributed by atoms with Gasteiger partial charge in [0, 0.05) is 12.6 Å². The van der Waals surface area contributed by atoms with Gasteiger partial charge in [0.15, 0.2) is 5.82 Å². The molecule has 0 spiro atoms. The Morgan fingerprint density at radius 3 is 2.38 bits per heavy atom. The van der Waals surface area contributed by atoms with E-state index in [0.29, 0.717) is 12.3 Å². The average molecular weight is 285 g/mol. The second kappa shape index (κ2) is 5.49. The van der Waals surface area contributed by atoms with Crippen molar-refractivity contribution in [1.29, 1.82) is 0 Å². The lowest BCUT2D eigenvalue weighted by atomic mass is 10.2. The predicted molar refractivity (Wildman–Crippen MR) is 75.5 cm³/mol. The highest BCUT2D eigenvalue weighted by molar-refractivity contribution is 6.17. The summed E-state index contributed by atoms with van der Waals surface area (Å²) in [5.74, 6) is 0.269. The molecule has 3 rings (SSSR count). The molecular formula is C15H15N3O3. The second-order valence-electron chi connectivity index (χ2n) is 5.05. The molecule has 21 heavy (non-hydrogen) atoms. The van der Waals surface area contributed by atoms with Gasteiger partial charge in [-0.1, -0.05) is 35.5 Å². The van der Waals surface area contributed by atoms with E-state index in [1.54, 1.807) is 13.0 Å². The molecule has 108 valence electrons. The fourth-order valence-corrected chi connectivity index (χ4v) is 2.39. The molecule has 0 atom stereocenters. The summed E-state index contributed by atoms with van der Waals surface area (Å²) in [6.45, 7) is 2.67. The molecule has 2 amide bonds.